The normalized spacial score (nSPS) is 10.5. The van der Waals surface area contributed by atoms with Gasteiger partial charge in [0, 0.05) is 18.5 Å². The van der Waals surface area contributed by atoms with Crippen LogP contribution in [0, 0.1) is 11.6 Å². The van der Waals surface area contributed by atoms with Gasteiger partial charge in [0.25, 0.3) is 0 Å². The number of rotatable bonds is 9. The number of nitrogens with one attached hydrogen (secondary N) is 2. The lowest BCUT2D eigenvalue weighted by Gasteiger charge is -2.23. The largest absolute Gasteiger partial charge is 0.329 e. The highest BCUT2D eigenvalue weighted by Gasteiger charge is 2.19. The van der Waals surface area contributed by atoms with Crippen molar-refractivity contribution in [2.45, 2.75) is 19.4 Å². The second-order valence-electron chi connectivity index (χ2n) is 6.08. The lowest BCUT2D eigenvalue weighted by molar-refractivity contribution is -0.135. The molecule has 5 nitrogen and oxygen atoms in total. The van der Waals surface area contributed by atoms with E-state index in [2.05, 4.69) is 10.6 Å². The Bertz CT molecular complexity index is 783. The Labute approximate surface area is 157 Å². The minimum absolute atomic E-state index is 0.0320. The Morgan fingerprint density at radius 1 is 1.00 bits per heavy atom. The van der Waals surface area contributed by atoms with E-state index in [0.29, 0.717) is 18.5 Å². The molecule has 0 radical (unpaired) electrons. The van der Waals surface area contributed by atoms with Crippen LogP contribution in [0.25, 0.3) is 0 Å². The molecule has 27 heavy (non-hydrogen) atoms. The standard InChI is InChI=1S/C20H23F2N3O2/c1-23-12-6-11-20(27)25(13-15-7-2-3-8-16(15)21)14-19(26)24-18-10-5-4-9-17(18)22/h2-5,7-10,23H,6,11-14H2,1H3,(H,24,26). The van der Waals surface area contributed by atoms with E-state index in [1.807, 2.05) is 0 Å². The molecule has 2 aromatic rings. The van der Waals surface area contributed by atoms with Crippen molar-refractivity contribution >= 4 is 17.5 Å². The first-order chi connectivity index (χ1) is 13.0. The van der Waals surface area contributed by atoms with E-state index in [9.17, 15) is 18.4 Å². The maximum Gasteiger partial charge on any atom is 0.244 e. The van der Waals surface area contributed by atoms with Gasteiger partial charge < -0.3 is 15.5 Å². The molecule has 0 aromatic heterocycles. The van der Waals surface area contributed by atoms with Crippen LogP contribution >= 0.6 is 0 Å². The Hall–Kier alpha value is -2.80. The third-order valence-corrected chi connectivity index (χ3v) is 3.97. The Morgan fingerprint density at radius 3 is 2.33 bits per heavy atom. The van der Waals surface area contributed by atoms with Crippen molar-refractivity contribution in [1.29, 1.82) is 0 Å². The van der Waals surface area contributed by atoms with E-state index in [0.717, 1.165) is 0 Å². The molecule has 2 aromatic carbocycles. The van der Waals surface area contributed by atoms with Crippen molar-refractivity contribution in [3.05, 3.63) is 65.7 Å². The summed E-state index contributed by atoms with van der Waals surface area (Å²) in [6, 6.07) is 11.9. The van der Waals surface area contributed by atoms with Crippen molar-refractivity contribution < 1.29 is 18.4 Å². The van der Waals surface area contributed by atoms with Crippen LogP contribution in [0.1, 0.15) is 18.4 Å². The zero-order chi connectivity index (χ0) is 19.6. The summed E-state index contributed by atoms with van der Waals surface area (Å²) in [7, 11) is 1.78. The summed E-state index contributed by atoms with van der Waals surface area (Å²) in [6.45, 7) is 0.331. The van der Waals surface area contributed by atoms with Crippen molar-refractivity contribution in [2.24, 2.45) is 0 Å². The number of carbonyl (C=O) groups excluding carboxylic acids is 2. The van der Waals surface area contributed by atoms with Crippen molar-refractivity contribution in [2.75, 3.05) is 25.5 Å². The molecule has 0 heterocycles. The molecule has 0 fully saturated rings. The first-order valence-electron chi connectivity index (χ1n) is 8.71. The van der Waals surface area contributed by atoms with Gasteiger partial charge in [0.1, 0.15) is 18.2 Å². The summed E-state index contributed by atoms with van der Waals surface area (Å²) in [6.07, 6.45) is 0.820. The van der Waals surface area contributed by atoms with Gasteiger partial charge in [-0.2, -0.15) is 0 Å². The summed E-state index contributed by atoms with van der Waals surface area (Å²) in [4.78, 5) is 26.1. The summed E-state index contributed by atoms with van der Waals surface area (Å²) in [5.41, 5.74) is 0.356. The molecule has 0 spiro atoms. The third-order valence-electron chi connectivity index (χ3n) is 3.97. The smallest absolute Gasteiger partial charge is 0.244 e. The van der Waals surface area contributed by atoms with Crippen molar-refractivity contribution in [3.63, 3.8) is 0 Å². The van der Waals surface area contributed by atoms with Gasteiger partial charge in [0.05, 0.1) is 5.69 Å². The van der Waals surface area contributed by atoms with E-state index in [4.69, 9.17) is 0 Å². The molecule has 0 aliphatic carbocycles. The zero-order valence-corrected chi connectivity index (χ0v) is 15.2. The van der Waals surface area contributed by atoms with Crippen LogP contribution in [0.15, 0.2) is 48.5 Å². The number of para-hydroxylation sites is 1. The summed E-state index contributed by atoms with van der Waals surface area (Å²) in [5, 5.41) is 5.40. The fraction of sp³-hybridized carbons (Fsp3) is 0.300. The molecule has 2 N–H and O–H groups in total. The minimum Gasteiger partial charge on any atom is -0.329 e. The quantitative estimate of drug-likeness (QED) is 0.663. The van der Waals surface area contributed by atoms with Gasteiger partial charge in [-0.25, -0.2) is 8.78 Å². The second kappa shape index (κ2) is 10.4. The number of nitrogens with zero attached hydrogens (tertiary/aromatic N) is 1. The molecule has 0 saturated carbocycles. The van der Waals surface area contributed by atoms with E-state index in [1.54, 1.807) is 31.3 Å². The number of amides is 2. The molecule has 0 bridgehead atoms. The molecule has 7 heteroatoms. The van der Waals surface area contributed by atoms with Crippen LogP contribution in [0.3, 0.4) is 0 Å². The molecule has 144 valence electrons. The Balaban J connectivity index is 2.08. The fourth-order valence-corrected chi connectivity index (χ4v) is 2.56. The fourth-order valence-electron chi connectivity index (χ4n) is 2.56. The lowest BCUT2D eigenvalue weighted by Crippen LogP contribution is -2.38. The number of carbonyl (C=O) groups is 2. The monoisotopic (exact) mass is 375 g/mol. The van der Waals surface area contributed by atoms with Gasteiger partial charge in [-0.1, -0.05) is 30.3 Å². The molecular weight excluding hydrogens is 352 g/mol. The molecule has 2 rings (SSSR count). The lowest BCUT2D eigenvalue weighted by atomic mass is 10.1. The zero-order valence-electron chi connectivity index (χ0n) is 15.2. The number of benzene rings is 2. The summed E-state index contributed by atoms with van der Waals surface area (Å²) < 4.78 is 27.7. The van der Waals surface area contributed by atoms with Gasteiger partial charge in [-0.3, -0.25) is 9.59 Å². The van der Waals surface area contributed by atoms with Crippen molar-refractivity contribution in [3.8, 4) is 0 Å². The molecule has 0 aliphatic rings. The van der Waals surface area contributed by atoms with Crippen LogP contribution in [0.5, 0.6) is 0 Å². The second-order valence-corrected chi connectivity index (χ2v) is 6.08. The number of hydrogen-bond donors (Lipinski definition) is 2. The van der Waals surface area contributed by atoms with E-state index >= 15 is 0 Å². The molecule has 0 aliphatic heterocycles. The van der Waals surface area contributed by atoms with Crippen LogP contribution in [-0.4, -0.2) is 36.9 Å². The molecule has 0 unspecified atom stereocenters. The Morgan fingerprint density at radius 2 is 1.67 bits per heavy atom. The van der Waals surface area contributed by atoms with Crippen LogP contribution in [-0.2, 0) is 16.1 Å². The first-order valence-corrected chi connectivity index (χ1v) is 8.71. The third kappa shape index (κ3) is 6.45. The van der Waals surface area contributed by atoms with Gasteiger partial charge in [0.15, 0.2) is 0 Å². The average Bonchev–Trinajstić information content (AvgIpc) is 2.65. The maximum atomic E-state index is 14.0. The van der Waals surface area contributed by atoms with Crippen LogP contribution in [0.4, 0.5) is 14.5 Å². The average molecular weight is 375 g/mol. The number of anilines is 1. The minimum atomic E-state index is -0.563. The summed E-state index contributed by atoms with van der Waals surface area (Å²) in [5.74, 6) is -1.82. The maximum absolute atomic E-state index is 14.0. The first kappa shape index (κ1) is 20.5. The van der Waals surface area contributed by atoms with Gasteiger partial charge in [-0.05, 0) is 38.2 Å². The van der Waals surface area contributed by atoms with E-state index in [-0.39, 0.29) is 31.1 Å². The SMILES string of the molecule is CNCCCC(=O)N(CC(=O)Nc1ccccc1F)Cc1ccccc1F. The Kier molecular flexibility index (Phi) is 7.88. The van der Waals surface area contributed by atoms with Gasteiger partial charge in [0.2, 0.25) is 11.8 Å². The highest BCUT2D eigenvalue weighted by molar-refractivity contribution is 5.94. The number of hydrogen-bond acceptors (Lipinski definition) is 3. The molecule has 0 saturated heterocycles. The van der Waals surface area contributed by atoms with E-state index in [1.165, 1.54) is 29.2 Å². The van der Waals surface area contributed by atoms with Crippen LogP contribution < -0.4 is 10.6 Å². The number of halogens is 2. The van der Waals surface area contributed by atoms with E-state index < -0.39 is 17.5 Å². The highest BCUT2D eigenvalue weighted by atomic mass is 19.1. The molecule has 2 amide bonds. The summed E-state index contributed by atoms with van der Waals surface area (Å²) >= 11 is 0. The topological polar surface area (TPSA) is 61.4 Å². The van der Waals surface area contributed by atoms with Crippen molar-refractivity contribution in [1.82, 2.24) is 10.2 Å². The van der Waals surface area contributed by atoms with Gasteiger partial charge in [-0.15, -0.1) is 0 Å². The van der Waals surface area contributed by atoms with Crippen LogP contribution in [0.2, 0.25) is 0 Å². The molecular formula is C20H23F2N3O2. The highest BCUT2D eigenvalue weighted by Crippen LogP contribution is 2.14. The van der Waals surface area contributed by atoms with Gasteiger partial charge >= 0.3 is 0 Å². The molecule has 0 atom stereocenters. The predicted octanol–water partition coefficient (Wildman–Crippen LogP) is 2.93. The predicted molar refractivity (Wildman–Crippen MR) is 100 cm³/mol.